The van der Waals surface area contributed by atoms with Crippen LogP contribution in [-0.2, 0) is 0 Å². The lowest BCUT2D eigenvalue weighted by molar-refractivity contribution is 0.0753. The van der Waals surface area contributed by atoms with Gasteiger partial charge in [-0.3, -0.25) is 9.78 Å². The third-order valence-electron chi connectivity index (χ3n) is 2.97. The van der Waals surface area contributed by atoms with Crippen LogP contribution in [-0.4, -0.2) is 59.4 Å². The number of hydrogen-bond donors (Lipinski definition) is 1. The fourth-order valence-corrected chi connectivity index (χ4v) is 1.93. The summed E-state index contributed by atoms with van der Waals surface area (Å²) < 4.78 is 0. The van der Waals surface area contributed by atoms with Crippen molar-refractivity contribution in [3.05, 3.63) is 29.6 Å². The fraction of sp³-hybridized carbons (Fsp3) is 0.500. The van der Waals surface area contributed by atoms with Crippen LogP contribution in [0.1, 0.15) is 29.4 Å². The molecule has 0 aliphatic heterocycles. The molecule has 0 spiro atoms. The van der Waals surface area contributed by atoms with Crippen molar-refractivity contribution in [3.8, 4) is 0 Å². The molecule has 0 saturated carbocycles. The molecule has 1 aromatic heterocycles. The van der Waals surface area contributed by atoms with Gasteiger partial charge in [-0.2, -0.15) is 0 Å². The number of pyridine rings is 1. The van der Waals surface area contributed by atoms with Crippen LogP contribution in [0.5, 0.6) is 0 Å². The quantitative estimate of drug-likeness (QED) is 0.764. The largest absolute Gasteiger partial charge is 0.389 e. The molecule has 5 nitrogen and oxygen atoms in total. The van der Waals surface area contributed by atoms with Gasteiger partial charge in [0.2, 0.25) is 0 Å². The minimum absolute atomic E-state index is 0.0549. The second-order valence-electron chi connectivity index (χ2n) is 4.84. The van der Waals surface area contributed by atoms with Gasteiger partial charge in [0.1, 0.15) is 10.7 Å². The molecule has 0 bridgehead atoms. The van der Waals surface area contributed by atoms with Gasteiger partial charge in [-0.15, -0.1) is 0 Å². The molecule has 2 N–H and O–H groups in total. The highest BCUT2D eigenvalue weighted by molar-refractivity contribution is 7.80. The van der Waals surface area contributed by atoms with Crippen LogP contribution in [0.15, 0.2) is 18.3 Å². The number of amides is 1. The number of carbonyl (C=O) groups excluding carboxylic acids is 1. The Hall–Kier alpha value is -1.53. The van der Waals surface area contributed by atoms with E-state index in [0.717, 1.165) is 19.5 Å². The number of nitrogens with zero attached hydrogens (tertiary/aromatic N) is 3. The highest BCUT2D eigenvalue weighted by atomic mass is 32.1. The molecule has 0 fully saturated rings. The summed E-state index contributed by atoms with van der Waals surface area (Å²) in [6.45, 7) is 4.33. The van der Waals surface area contributed by atoms with Gasteiger partial charge in [-0.05, 0) is 46.1 Å². The molecule has 0 aromatic carbocycles. The van der Waals surface area contributed by atoms with Gasteiger partial charge in [-0.25, -0.2) is 0 Å². The van der Waals surface area contributed by atoms with Crippen LogP contribution < -0.4 is 5.73 Å². The first kappa shape index (κ1) is 16.5. The maximum Gasteiger partial charge on any atom is 0.272 e. The number of carbonyl (C=O) groups is 1. The molecule has 6 heteroatoms. The second kappa shape index (κ2) is 7.91. The monoisotopic (exact) mass is 294 g/mol. The first-order valence-electron chi connectivity index (χ1n) is 6.65. The van der Waals surface area contributed by atoms with E-state index in [1.807, 2.05) is 21.0 Å². The van der Waals surface area contributed by atoms with Gasteiger partial charge in [0.15, 0.2) is 0 Å². The van der Waals surface area contributed by atoms with Crippen LogP contribution >= 0.6 is 12.2 Å². The van der Waals surface area contributed by atoms with Gasteiger partial charge >= 0.3 is 0 Å². The van der Waals surface area contributed by atoms with Crippen molar-refractivity contribution in [1.29, 1.82) is 0 Å². The topological polar surface area (TPSA) is 62.5 Å². The third kappa shape index (κ3) is 4.86. The van der Waals surface area contributed by atoms with Crippen molar-refractivity contribution >= 4 is 23.1 Å². The molecule has 20 heavy (non-hydrogen) atoms. The van der Waals surface area contributed by atoms with E-state index in [9.17, 15) is 4.79 Å². The number of aromatic nitrogens is 1. The normalized spacial score (nSPS) is 10.6. The number of hydrogen-bond acceptors (Lipinski definition) is 4. The summed E-state index contributed by atoms with van der Waals surface area (Å²) in [7, 11) is 4.04. The lowest BCUT2D eigenvalue weighted by atomic mass is 10.2. The minimum Gasteiger partial charge on any atom is -0.389 e. The molecule has 0 unspecified atom stereocenters. The van der Waals surface area contributed by atoms with Gasteiger partial charge in [0.05, 0.1) is 0 Å². The molecular formula is C14H22N4OS. The molecule has 0 radical (unpaired) electrons. The average Bonchev–Trinajstić information content (AvgIpc) is 2.42. The van der Waals surface area contributed by atoms with E-state index in [1.54, 1.807) is 23.2 Å². The Morgan fingerprint density at radius 3 is 2.50 bits per heavy atom. The summed E-state index contributed by atoms with van der Waals surface area (Å²) >= 11 is 4.86. The molecule has 0 saturated heterocycles. The zero-order chi connectivity index (χ0) is 15.1. The van der Waals surface area contributed by atoms with Crippen molar-refractivity contribution in [2.75, 3.05) is 33.7 Å². The zero-order valence-electron chi connectivity index (χ0n) is 12.3. The van der Waals surface area contributed by atoms with Gasteiger partial charge in [0, 0.05) is 24.8 Å². The number of nitrogens with two attached hydrogens (primary N) is 1. The molecule has 1 amide bonds. The van der Waals surface area contributed by atoms with Gasteiger partial charge < -0.3 is 15.5 Å². The summed E-state index contributed by atoms with van der Waals surface area (Å²) in [5.41, 5.74) is 6.61. The van der Waals surface area contributed by atoms with E-state index in [2.05, 4.69) is 9.88 Å². The molecule has 0 aliphatic rings. The van der Waals surface area contributed by atoms with E-state index >= 15 is 0 Å². The van der Waals surface area contributed by atoms with Crippen LogP contribution in [0.25, 0.3) is 0 Å². The van der Waals surface area contributed by atoms with Crippen molar-refractivity contribution < 1.29 is 4.79 Å². The van der Waals surface area contributed by atoms with Crippen LogP contribution in [0.2, 0.25) is 0 Å². The van der Waals surface area contributed by atoms with Gasteiger partial charge in [0.25, 0.3) is 5.91 Å². The van der Waals surface area contributed by atoms with Crippen LogP contribution in [0.4, 0.5) is 0 Å². The van der Waals surface area contributed by atoms with Crippen molar-refractivity contribution in [2.24, 2.45) is 5.73 Å². The van der Waals surface area contributed by atoms with E-state index in [0.29, 0.717) is 17.8 Å². The van der Waals surface area contributed by atoms with E-state index in [-0.39, 0.29) is 10.9 Å². The Balaban J connectivity index is 2.67. The molecule has 0 aliphatic carbocycles. The van der Waals surface area contributed by atoms with Crippen molar-refractivity contribution in [1.82, 2.24) is 14.8 Å². The molecule has 1 rings (SSSR count). The summed E-state index contributed by atoms with van der Waals surface area (Å²) in [6, 6.07) is 3.40. The van der Waals surface area contributed by atoms with E-state index < -0.39 is 0 Å². The second-order valence-corrected chi connectivity index (χ2v) is 5.28. The first-order chi connectivity index (χ1) is 9.45. The van der Waals surface area contributed by atoms with Crippen LogP contribution in [0, 0.1) is 0 Å². The maximum absolute atomic E-state index is 12.3. The lowest BCUT2D eigenvalue weighted by Crippen LogP contribution is -2.33. The Bertz CT molecular complexity index is 459. The Morgan fingerprint density at radius 2 is 2.05 bits per heavy atom. The maximum atomic E-state index is 12.3. The van der Waals surface area contributed by atoms with Gasteiger partial charge in [-0.1, -0.05) is 12.2 Å². The SMILES string of the molecule is CCN(CCCN(C)C)C(=O)c1ccc(C(N)=S)cn1. The molecule has 0 atom stereocenters. The van der Waals surface area contributed by atoms with E-state index in [4.69, 9.17) is 18.0 Å². The smallest absolute Gasteiger partial charge is 0.272 e. The summed E-state index contributed by atoms with van der Waals surface area (Å²) in [4.78, 5) is 20.7. The number of rotatable bonds is 7. The predicted molar refractivity (Wildman–Crippen MR) is 84.9 cm³/mol. The Morgan fingerprint density at radius 1 is 1.35 bits per heavy atom. The molecular weight excluding hydrogens is 272 g/mol. The molecule has 110 valence electrons. The third-order valence-corrected chi connectivity index (χ3v) is 3.21. The summed E-state index contributed by atoms with van der Waals surface area (Å²) in [5, 5.41) is 0. The number of thiocarbonyl (C=S) groups is 1. The van der Waals surface area contributed by atoms with Crippen LogP contribution in [0.3, 0.4) is 0 Å². The zero-order valence-corrected chi connectivity index (χ0v) is 13.1. The predicted octanol–water partition coefficient (Wildman–Crippen LogP) is 1.13. The highest BCUT2D eigenvalue weighted by Gasteiger charge is 2.15. The standard InChI is InChI=1S/C14H22N4OS/c1-4-18(9-5-8-17(2)3)14(19)12-7-6-11(10-16-12)13(15)20/h6-7,10H,4-5,8-9H2,1-3H3,(H2,15,20). The molecule has 1 aromatic rings. The first-order valence-corrected chi connectivity index (χ1v) is 7.06. The summed E-state index contributed by atoms with van der Waals surface area (Å²) in [5.74, 6) is -0.0549. The molecule has 1 heterocycles. The average molecular weight is 294 g/mol. The van der Waals surface area contributed by atoms with E-state index in [1.165, 1.54) is 0 Å². The lowest BCUT2D eigenvalue weighted by Gasteiger charge is -2.21. The highest BCUT2D eigenvalue weighted by Crippen LogP contribution is 2.05. The van der Waals surface area contributed by atoms with Crippen molar-refractivity contribution in [2.45, 2.75) is 13.3 Å². The summed E-state index contributed by atoms with van der Waals surface area (Å²) in [6.07, 6.45) is 2.49. The fourth-order valence-electron chi connectivity index (χ4n) is 1.81. The van der Waals surface area contributed by atoms with Crippen molar-refractivity contribution in [3.63, 3.8) is 0 Å². The minimum atomic E-state index is -0.0549. The Kier molecular flexibility index (Phi) is 6.54. The Labute approximate surface area is 125 Å².